The number of aryl methyl sites for hydroxylation is 2. The van der Waals surface area contributed by atoms with Gasteiger partial charge in [-0.25, -0.2) is 0 Å². The van der Waals surface area contributed by atoms with E-state index in [2.05, 4.69) is 83.9 Å². The second kappa shape index (κ2) is 12.2. The van der Waals surface area contributed by atoms with Gasteiger partial charge in [-0.2, -0.15) is 0 Å². The molecule has 0 amide bonds. The van der Waals surface area contributed by atoms with E-state index < -0.39 is 38.4 Å². The van der Waals surface area contributed by atoms with E-state index in [4.69, 9.17) is 7.56 Å². The molecule has 0 heterocycles. The summed E-state index contributed by atoms with van der Waals surface area (Å²) in [7, 11) is 0. The summed E-state index contributed by atoms with van der Waals surface area (Å²) < 4.78 is 19.9. The quantitative estimate of drug-likeness (QED) is 0.221. The van der Waals surface area contributed by atoms with E-state index in [1.807, 2.05) is 0 Å². The Kier molecular flexibility index (Phi) is 10.5. The van der Waals surface area contributed by atoms with Gasteiger partial charge in [0.1, 0.15) is 0 Å². The zero-order chi connectivity index (χ0) is 23.1. The van der Waals surface area contributed by atoms with Crippen molar-refractivity contribution in [3.05, 3.63) is 58.7 Å². The van der Waals surface area contributed by atoms with Gasteiger partial charge in [0, 0.05) is 0 Å². The summed E-state index contributed by atoms with van der Waals surface area (Å²) in [5.74, 6) is 1.99. The Morgan fingerprint density at radius 3 is 1.39 bits per heavy atom. The molecule has 2 aromatic carbocycles. The molecular weight excluding hydrogens is 598 g/mol. The second-order valence-corrected chi connectivity index (χ2v) is 31.0. The molecule has 5 heteroatoms. The summed E-state index contributed by atoms with van der Waals surface area (Å²) in [6.07, 6.45) is 7.05. The molecule has 0 aromatic heterocycles. The van der Waals surface area contributed by atoms with Gasteiger partial charge in [0.05, 0.1) is 0 Å². The topological polar surface area (TPSA) is 27.7 Å². The molecule has 0 bridgehead atoms. The van der Waals surface area contributed by atoms with Gasteiger partial charge in [0.15, 0.2) is 0 Å². The first-order chi connectivity index (χ1) is 14.6. The van der Waals surface area contributed by atoms with Gasteiger partial charge in [0.25, 0.3) is 0 Å². The first kappa shape index (κ1) is 26.8. The van der Waals surface area contributed by atoms with Crippen LogP contribution in [0.25, 0.3) is 0 Å². The number of benzene rings is 2. The minimum absolute atomic E-state index is 0.995. The van der Waals surface area contributed by atoms with Crippen LogP contribution in [0.2, 0.25) is 19.8 Å². The predicted octanol–water partition coefficient (Wildman–Crippen LogP) is 7.87. The molecule has 0 fully saturated rings. The fraction of sp³-hybridized carbons (Fsp3) is 0.538. The summed E-state index contributed by atoms with van der Waals surface area (Å²) in [5.41, 5.74) is 5.30. The fourth-order valence-corrected chi connectivity index (χ4v) is 36.1. The van der Waals surface area contributed by atoms with E-state index in [1.165, 1.54) is 47.9 Å². The van der Waals surface area contributed by atoms with E-state index in [9.17, 15) is 0 Å². The number of hydrogen-bond donors (Lipinski definition) is 0. The van der Waals surface area contributed by atoms with Crippen molar-refractivity contribution in [3.8, 4) is 11.5 Å². The molecule has 0 aliphatic rings. The number of hydrogen-bond acceptors (Lipinski definition) is 3. The van der Waals surface area contributed by atoms with Crippen molar-refractivity contribution in [2.45, 2.75) is 86.0 Å². The van der Waals surface area contributed by atoms with Crippen LogP contribution in [0.1, 0.15) is 61.8 Å². The van der Waals surface area contributed by atoms with Gasteiger partial charge in [-0.3, -0.25) is 0 Å². The van der Waals surface area contributed by atoms with Gasteiger partial charge in [-0.15, -0.1) is 0 Å². The third kappa shape index (κ3) is 8.47. The summed E-state index contributed by atoms with van der Waals surface area (Å²) >= 11 is -6.50. The first-order valence-corrected chi connectivity index (χ1v) is 27.9. The van der Waals surface area contributed by atoms with Crippen molar-refractivity contribution in [1.29, 1.82) is 0 Å². The maximum atomic E-state index is 6.76. The Morgan fingerprint density at radius 1 is 0.645 bits per heavy atom. The third-order valence-corrected chi connectivity index (χ3v) is 31.3. The van der Waals surface area contributed by atoms with Crippen molar-refractivity contribution >= 4 is 38.4 Å². The van der Waals surface area contributed by atoms with Crippen molar-refractivity contribution in [2.24, 2.45) is 0 Å². The van der Waals surface area contributed by atoms with Crippen LogP contribution in [-0.2, 0) is 14.3 Å². The second-order valence-electron chi connectivity index (χ2n) is 9.39. The molecule has 0 aliphatic heterocycles. The first-order valence-electron chi connectivity index (χ1n) is 11.8. The number of unbranched alkanes of at least 4 members (excludes halogenated alkanes) is 2. The van der Waals surface area contributed by atoms with E-state index in [0.29, 0.717) is 0 Å². The SMILES string of the molecule is CCCCc1cccc([O][Sn]([CH3])([CH3])[O][Sn]([CH3])([CH3])[O]c2cccc(CCCC)c2C)c1C. The Morgan fingerprint density at radius 2 is 1.03 bits per heavy atom. The average Bonchev–Trinajstić information content (AvgIpc) is 2.68. The molecule has 2 aromatic rings. The molecule has 0 atom stereocenters. The zero-order valence-electron chi connectivity index (χ0n) is 20.9. The minimum atomic E-state index is -3.25. The molecule has 172 valence electrons. The third-order valence-electron chi connectivity index (χ3n) is 5.59. The van der Waals surface area contributed by atoms with Gasteiger partial charge in [-0.05, 0) is 0 Å². The Hall–Kier alpha value is -0.403. The van der Waals surface area contributed by atoms with Crippen molar-refractivity contribution in [1.82, 2.24) is 0 Å². The van der Waals surface area contributed by atoms with Crippen LogP contribution in [0, 0.1) is 13.8 Å². The van der Waals surface area contributed by atoms with Crippen LogP contribution in [0.4, 0.5) is 0 Å². The Bertz CT molecular complexity index is 777. The van der Waals surface area contributed by atoms with Crippen molar-refractivity contribution in [3.63, 3.8) is 0 Å². The standard InChI is InChI=1S/2C11H16O.4CH3.O.2Sn/c2*1-3-4-6-10-7-5-8-11(12)9(10)2;;;;;;;/h2*5,7-8,12H,3-4,6H2,1-2H3;4*1H3;;;/q;;;;;;;2*+1/p-2. The monoisotopic (exact) mass is 642 g/mol. The molecular formula is C26H42O3Sn2. The summed E-state index contributed by atoms with van der Waals surface area (Å²) in [4.78, 5) is 8.83. The molecule has 0 saturated carbocycles. The Labute approximate surface area is 200 Å². The summed E-state index contributed by atoms with van der Waals surface area (Å²) in [5, 5.41) is 0. The van der Waals surface area contributed by atoms with Crippen LogP contribution < -0.4 is 6.15 Å². The normalized spacial score (nSPS) is 12.1. The molecule has 0 radical (unpaired) electrons. The fourth-order valence-electron chi connectivity index (χ4n) is 3.98. The van der Waals surface area contributed by atoms with Gasteiger partial charge in [0.2, 0.25) is 0 Å². The Balaban J connectivity index is 2.12. The molecule has 0 aliphatic carbocycles. The van der Waals surface area contributed by atoms with Crippen LogP contribution >= 0.6 is 0 Å². The molecule has 0 saturated heterocycles. The van der Waals surface area contributed by atoms with Crippen LogP contribution in [0.15, 0.2) is 36.4 Å². The van der Waals surface area contributed by atoms with E-state index >= 15 is 0 Å². The summed E-state index contributed by atoms with van der Waals surface area (Å²) in [6.45, 7) is 8.83. The van der Waals surface area contributed by atoms with E-state index in [0.717, 1.165) is 24.3 Å². The van der Waals surface area contributed by atoms with Crippen LogP contribution in [0.3, 0.4) is 0 Å². The molecule has 0 N–H and O–H groups in total. The van der Waals surface area contributed by atoms with E-state index in [-0.39, 0.29) is 0 Å². The molecule has 3 nitrogen and oxygen atoms in total. The average molecular weight is 640 g/mol. The molecule has 0 unspecified atom stereocenters. The van der Waals surface area contributed by atoms with Gasteiger partial charge in [-0.1, -0.05) is 0 Å². The number of rotatable bonds is 12. The van der Waals surface area contributed by atoms with Gasteiger partial charge >= 0.3 is 202 Å². The van der Waals surface area contributed by atoms with E-state index in [1.54, 1.807) is 0 Å². The van der Waals surface area contributed by atoms with Crippen molar-refractivity contribution in [2.75, 3.05) is 0 Å². The summed E-state index contributed by atoms with van der Waals surface area (Å²) in [6, 6.07) is 12.9. The van der Waals surface area contributed by atoms with Crippen LogP contribution in [0.5, 0.6) is 11.5 Å². The van der Waals surface area contributed by atoms with Gasteiger partial charge < -0.3 is 0 Å². The van der Waals surface area contributed by atoms with Crippen molar-refractivity contribution < 1.29 is 7.56 Å². The van der Waals surface area contributed by atoms with Crippen LogP contribution in [-0.4, -0.2) is 38.4 Å². The zero-order valence-corrected chi connectivity index (χ0v) is 26.6. The molecule has 2 rings (SSSR count). The maximum absolute atomic E-state index is 6.76. The molecule has 31 heavy (non-hydrogen) atoms. The molecule has 0 spiro atoms. The predicted molar refractivity (Wildman–Crippen MR) is 137 cm³/mol.